The highest BCUT2D eigenvalue weighted by atomic mass is 16.6. The smallest absolute Gasteiger partial charge is 0.338 e. The molecule has 1 aliphatic rings. The van der Waals surface area contributed by atoms with Gasteiger partial charge in [0.25, 0.3) is 11.6 Å². The quantitative estimate of drug-likeness (QED) is 0.281. The van der Waals surface area contributed by atoms with Gasteiger partial charge in [-0.05, 0) is 43.3 Å². The maximum absolute atomic E-state index is 13.0. The average Bonchev–Trinajstić information content (AvgIpc) is 2.82. The maximum atomic E-state index is 13.0. The second kappa shape index (κ2) is 8.46. The Morgan fingerprint density at radius 3 is 2.15 bits per heavy atom. The average molecular weight is 444 g/mol. The predicted octanol–water partition coefficient (Wildman–Crippen LogP) is 3.80. The molecule has 0 heterocycles. The molecule has 0 radical (unpaired) electrons. The monoisotopic (exact) mass is 444 g/mol. The summed E-state index contributed by atoms with van der Waals surface area (Å²) in [5, 5.41) is 14.4. The van der Waals surface area contributed by atoms with Crippen molar-refractivity contribution in [3.8, 4) is 0 Å². The van der Waals surface area contributed by atoms with Crippen LogP contribution in [0.3, 0.4) is 0 Å². The minimum atomic E-state index is -0.840. The van der Waals surface area contributed by atoms with Crippen molar-refractivity contribution >= 4 is 34.8 Å². The minimum Gasteiger partial charge on any atom is -0.462 e. The van der Waals surface area contributed by atoms with Crippen LogP contribution in [-0.4, -0.2) is 35.0 Å². The van der Waals surface area contributed by atoms with Gasteiger partial charge in [-0.1, -0.05) is 24.3 Å². The molecule has 1 N–H and O–H groups in total. The van der Waals surface area contributed by atoms with E-state index in [9.17, 15) is 29.3 Å². The summed E-state index contributed by atoms with van der Waals surface area (Å²) in [6.45, 7) is 1.89. The van der Waals surface area contributed by atoms with E-state index in [-0.39, 0.29) is 40.1 Å². The third kappa shape index (κ3) is 3.76. The summed E-state index contributed by atoms with van der Waals surface area (Å²) in [4.78, 5) is 61.6. The lowest BCUT2D eigenvalue weighted by Gasteiger charge is -2.18. The number of nitrogens with zero attached hydrogens (tertiary/aromatic N) is 1. The van der Waals surface area contributed by atoms with Gasteiger partial charge in [0.15, 0.2) is 5.78 Å². The highest BCUT2D eigenvalue weighted by Gasteiger charge is 2.38. The van der Waals surface area contributed by atoms with Gasteiger partial charge in [0.05, 0.1) is 17.1 Å². The molecule has 33 heavy (non-hydrogen) atoms. The van der Waals surface area contributed by atoms with Crippen molar-refractivity contribution in [1.82, 2.24) is 0 Å². The van der Waals surface area contributed by atoms with Crippen LogP contribution < -0.4 is 5.32 Å². The number of rotatable bonds is 5. The van der Waals surface area contributed by atoms with Gasteiger partial charge in [0.2, 0.25) is 5.78 Å². The van der Waals surface area contributed by atoms with Crippen molar-refractivity contribution in [3.63, 3.8) is 0 Å². The third-order valence-corrected chi connectivity index (χ3v) is 5.15. The zero-order valence-electron chi connectivity index (χ0n) is 17.3. The Labute approximate surface area is 187 Å². The summed E-state index contributed by atoms with van der Waals surface area (Å²) in [6.07, 6.45) is 0. The molecule has 3 aromatic rings. The first-order chi connectivity index (χ1) is 15.8. The molecule has 0 aromatic heterocycles. The standard InChI is InChI=1S/C24H16N2O7/c1-2-33-24(30)13-7-9-14(10-8-13)25-23(29)18-12-11-17-19(20(18)26(31)32)22(28)16-6-4-3-5-15(16)21(17)27/h3-12H,2H2,1H3,(H,25,29). The van der Waals surface area contributed by atoms with Crippen LogP contribution >= 0.6 is 0 Å². The number of esters is 1. The van der Waals surface area contributed by atoms with Crippen molar-refractivity contribution in [1.29, 1.82) is 0 Å². The fourth-order valence-electron chi connectivity index (χ4n) is 3.64. The van der Waals surface area contributed by atoms with E-state index >= 15 is 0 Å². The van der Waals surface area contributed by atoms with E-state index in [0.29, 0.717) is 0 Å². The lowest BCUT2D eigenvalue weighted by molar-refractivity contribution is -0.385. The van der Waals surface area contributed by atoms with Crippen LogP contribution in [0, 0.1) is 10.1 Å². The number of amides is 1. The Hall–Kier alpha value is -4.66. The largest absolute Gasteiger partial charge is 0.462 e. The van der Waals surface area contributed by atoms with E-state index in [1.54, 1.807) is 19.1 Å². The van der Waals surface area contributed by atoms with Crippen LogP contribution in [0.25, 0.3) is 0 Å². The van der Waals surface area contributed by atoms with E-state index in [4.69, 9.17) is 4.74 Å². The number of fused-ring (bicyclic) bond motifs is 2. The highest BCUT2D eigenvalue weighted by Crippen LogP contribution is 2.35. The van der Waals surface area contributed by atoms with Crippen molar-refractivity contribution in [3.05, 3.63) is 104 Å². The lowest BCUT2D eigenvalue weighted by atomic mass is 9.82. The second-order valence-electron chi connectivity index (χ2n) is 7.10. The van der Waals surface area contributed by atoms with Crippen molar-refractivity contribution in [2.45, 2.75) is 6.92 Å². The molecule has 0 unspecified atom stereocenters. The highest BCUT2D eigenvalue weighted by molar-refractivity contribution is 6.30. The molecule has 9 nitrogen and oxygen atoms in total. The molecular formula is C24H16N2O7. The molecule has 1 aliphatic carbocycles. The van der Waals surface area contributed by atoms with Gasteiger partial charge in [0, 0.05) is 22.4 Å². The molecule has 164 valence electrons. The van der Waals surface area contributed by atoms with Crippen molar-refractivity contribution in [2.75, 3.05) is 11.9 Å². The number of ketones is 2. The molecule has 0 saturated carbocycles. The lowest BCUT2D eigenvalue weighted by Crippen LogP contribution is -2.24. The molecule has 1 amide bonds. The van der Waals surface area contributed by atoms with Crippen LogP contribution in [0.1, 0.15) is 59.5 Å². The van der Waals surface area contributed by atoms with E-state index in [1.807, 2.05) is 0 Å². The summed E-state index contributed by atoms with van der Waals surface area (Å²) < 4.78 is 4.90. The molecule has 0 atom stereocenters. The van der Waals surface area contributed by atoms with Crippen LogP contribution in [0.15, 0.2) is 60.7 Å². The van der Waals surface area contributed by atoms with E-state index < -0.39 is 39.6 Å². The summed E-state index contributed by atoms with van der Waals surface area (Å²) in [5.41, 5.74) is -0.886. The van der Waals surface area contributed by atoms with E-state index in [2.05, 4.69) is 5.32 Å². The predicted molar refractivity (Wildman–Crippen MR) is 117 cm³/mol. The number of carbonyl (C=O) groups excluding carboxylic acids is 4. The minimum absolute atomic E-state index is 0.0465. The van der Waals surface area contributed by atoms with Gasteiger partial charge >= 0.3 is 5.97 Å². The van der Waals surface area contributed by atoms with Crippen LogP contribution in [-0.2, 0) is 4.74 Å². The number of hydrogen-bond acceptors (Lipinski definition) is 7. The maximum Gasteiger partial charge on any atom is 0.338 e. The number of anilines is 1. The zero-order valence-corrected chi connectivity index (χ0v) is 17.3. The van der Waals surface area contributed by atoms with Gasteiger partial charge in [-0.2, -0.15) is 0 Å². The molecule has 0 spiro atoms. The molecular weight excluding hydrogens is 428 g/mol. The number of carbonyl (C=O) groups is 4. The molecule has 0 saturated heterocycles. The van der Waals surface area contributed by atoms with Gasteiger partial charge in [-0.3, -0.25) is 24.5 Å². The van der Waals surface area contributed by atoms with Crippen LogP contribution in [0.4, 0.5) is 11.4 Å². The fourth-order valence-corrected chi connectivity index (χ4v) is 3.64. The van der Waals surface area contributed by atoms with Gasteiger partial charge in [0.1, 0.15) is 11.1 Å². The Balaban J connectivity index is 1.71. The van der Waals surface area contributed by atoms with E-state index in [0.717, 1.165) is 6.07 Å². The first-order valence-corrected chi connectivity index (χ1v) is 9.91. The first-order valence-electron chi connectivity index (χ1n) is 9.91. The van der Waals surface area contributed by atoms with Crippen molar-refractivity contribution < 1.29 is 28.8 Å². The Bertz CT molecular complexity index is 1340. The zero-order chi connectivity index (χ0) is 23.7. The van der Waals surface area contributed by atoms with Gasteiger partial charge in [-0.15, -0.1) is 0 Å². The van der Waals surface area contributed by atoms with E-state index in [1.165, 1.54) is 42.5 Å². The number of nitrogens with one attached hydrogen (secondary N) is 1. The summed E-state index contributed by atoms with van der Waals surface area (Å²) in [7, 11) is 0. The van der Waals surface area contributed by atoms with Crippen molar-refractivity contribution in [2.24, 2.45) is 0 Å². The number of benzene rings is 3. The van der Waals surface area contributed by atoms with Crippen LogP contribution in [0.2, 0.25) is 0 Å². The number of ether oxygens (including phenoxy) is 1. The second-order valence-corrected chi connectivity index (χ2v) is 7.10. The van der Waals surface area contributed by atoms with Gasteiger partial charge in [-0.25, -0.2) is 4.79 Å². The molecule has 9 heteroatoms. The summed E-state index contributed by atoms with van der Waals surface area (Å²) in [6, 6.07) is 14.2. The first kappa shape index (κ1) is 21.6. The number of nitro benzene ring substituents is 1. The summed E-state index contributed by atoms with van der Waals surface area (Å²) in [5.74, 6) is -2.58. The number of hydrogen-bond donors (Lipinski definition) is 1. The van der Waals surface area contributed by atoms with Crippen LogP contribution in [0.5, 0.6) is 0 Å². The molecule has 0 bridgehead atoms. The Morgan fingerprint density at radius 1 is 0.909 bits per heavy atom. The molecule has 0 aliphatic heterocycles. The summed E-state index contributed by atoms with van der Waals surface area (Å²) >= 11 is 0. The normalized spacial score (nSPS) is 11.9. The Kier molecular flexibility index (Phi) is 5.53. The topological polar surface area (TPSA) is 133 Å². The fraction of sp³-hybridized carbons (Fsp3) is 0.0833. The third-order valence-electron chi connectivity index (χ3n) is 5.15. The molecule has 4 rings (SSSR count). The molecule has 3 aromatic carbocycles. The Morgan fingerprint density at radius 2 is 1.55 bits per heavy atom. The number of nitro groups is 1. The van der Waals surface area contributed by atoms with Gasteiger partial charge < -0.3 is 10.1 Å². The molecule has 0 fully saturated rings. The SMILES string of the molecule is CCOC(=O)c1ccc(NC(=O)c2ccc3c(c2[N+](=O)[O-])C(=O)c2ccccc2C3=O)cc1.